The smallest absolute Gasteiger partial charge is 0.306 e. The molecule has 6 nitrogen and oxygen atoms in total. The van der Waals surface area contributed by atoms with E-state index in [1.54, 1.807) is 24.3 Å². The summed E-state index contributed by atoms with van der Waals surface area (Å²) in [6, 6.07) is 3.60. The third-order valence-corrected chi connectivity index (χ3v) is 3.93. The van der Waals surface area contributed by atoms with Crippen LogP contribution in [0.3, 0.4) is 0 Å². The van der Waals surface area contributed by atoms with E-state index in [2.05, 4.69) is 0 Å². The zero-order chi connectivity index (χ0) is 15.2. The molecular formula is C15H21NO5. The van der Waals surface area contributed by atoms with E-state index in [9.17, 15) is 9.59 Å². The van der Waals surface area contributed by atoms with Crippen LogP contribution >= 0.6 is 0 Å². The maximum Gasteiger partial charge on any atom is 0.306 e. The first-order valence-corrected chi connectivity index (χ1v) is 7.14. The van der Waals surface area contributed by atoms with Gasteiger partial charge in [-0.2, -0.15) is 0 Å². The highest BCUT2D eigenvalue weighted by Crippen LogP contribution is 2.32. The summed E-state index contributed by atoms with van der Waals surface area (Å²) in [7, 11) is 1.59. The maximum atomic E-state index is 12.6. The first kappa shape index (κ1) is 15.6. The fourth-order valence-corrected chi connectivity index (χ4v) is 2.75. The van der Waals surface area contributed by atoms with E-state index in [1.807, 2.05) is 6.07 Å². The van der Waals surface area contributed by atoms with Crippen molar-refractivity contribution >= 4 is 11.9 Å². The maximum absolute atomic E-state index is 12.6. The normalized spacial score (nSPS) is 21.4. The molecule has 0 aliphatic heterocycles. The van der Waals surface area contributed by atoms with Crippen LogP contribution < -0.4 is 0 Å². The number of hydrogen-bond acceptors (Lipinski definition) is 4. The van der Waals surface area contributed by atoms with E-state index in [1.165, 1.54) is 0 Å². The van der Waals surface area contributed by atoms with E-state index in [4.69, 9.17) is 14.3 Å². The Hall–Kier alpha value is -1.82. The van der Waals surface area contributed by atoms with Crippen molar-refractivity contribution in [3.63, 3.8) is 0 Å². The molecule has 1 aliphatic carbocycles. The van der Waals surface area contributed by atoms with E-state index in [0.717, 1.165) is 0 Å². The largest absolute Gasteiger partial charge is 0.481 e. The second-order valence-electron chi connectivity index (χ2n) is 5.38. The first-order valence-electron chi connectivity index (χ1n) is 7.14. The molecule has 21 heavy (non-hydrogen) atoms. The molecule has 0 aromatic carbocycles. The fraction of sp³-hybridized carbons (Fsp3) is 0.600. The van der Waals surface area contributed by atoms with E-state index >= 15 is 0 Å². The van der Waals surface area contributed by atoms with Crippen LogP contribution in [0.5, 0.6) is 0 Å². The van der Waals surface area contributed by atoms with Crippen LogP contribution in [0.15, 0.2) is 22.8 Å². The molecule has 1 aromatic rings. The van der Waals surface area contributed by atoms with Crippen molar-refractivity contribution in [2.24, 2.45) is 11.8 Å². The fourth-order valence-electron chi connectivity index (χ4n) is 2.75. The van der Waals surface area contributed by atoms with Crippen LogP contribution in [0.1, 0.15) is 25.0 Å². The Morgan fingerprint density at radius 3 is 2.76 bits per heavy atom. The molecule has 1 aliphatic rings. The van der Waals surface area contributed by atoms with Gasteiger partial charge in [-0.05, 0) is 31.4 Å². The number of rotatable bonds is 7. The lowest BCUT2D eigenvalue weighted by Gasteiger charge is -2.24. The number of nitrogens with zero attached hydrogens (tertiary/aromatic N) is 1. The molecule has 1 fully saturated rings. The molecular weight excluding hydrogens is 274 g/mol. The average Bonchev–Trinajstić information content (AvgIpc) is 3.13. The van der Waals surface area contributed by atoms with Crippen LogP contribution in [-0.4, -0.2) is 42.1 Å². The van der Waals surface area contributed by atoms with Crippen LogP contribution in [-0.2, 0) is 20.9 Å². The van der Waals surface area contributed by atoms with Gasteiger partial charge < -0.3 is 19.2 Å². The van der Waals surface area contributed by atoms with Gasteiger partial charge >= 0.3 is 5.97 Å². The summed E-state index contributed by atoms with van der Waals surface area (Å²) in [5, 5.41) is 9.04. The molecule has 1 aromatic heterocycles. The molecule has 116 valence electrons. The van der Waals surface area contributed by atoms with Gasteiger partial charge in [-0.3, -0.25) is 9.59 Å². The van der Waals surface area contributed by atoms with Gasteiger partial charge in [0.2, 0.25) is 5.91 Å². The predicted molar refractivity (Wildman–Crippen MR) is 74.5 cm³/mol. The predicted octanol–water partition coefficient (Wildman–Crippen LogP) is 1.76. The Morgan fingerprint density at radius 1 is 1.43 bits per heavy atom. The third-order valence-electron chi connectivity index (χ3n) is 3.93. The highest BCUT2D eigenvalue weighted by molar-refractivity contribution is 5.81. The molecule has 0 spiro atoms. The van der Waals surface area contributed by atoms with E-state index < -0.39 is 11.9 Å². The van der Waals surface area contributed by atoms with Gasteiger partial charge in [-0.1, -0.05) is 0 Å². The van der Waals surface area contributed by atoms with Gasteiger partial charge in [0.15, 0.2) is 0 Å². The van der Waals surface area contributed by atoms with Crippen molar-refractivity contribution in [1.82, 2.24) is 4.90 Å². The number of furan rings is 1. The highest BCUT2D eigenvalue weighted by Gasteiger charge is 2.35. The highest BCUT2D eigenvalue weighted by atomic mass is 16.5. The topological polar surface area (TPSA) is 80.0 Å². The summed E-state index contributed by atoms with van der Waals surface area (Å²) in [5.41, 5.74) is 0. The van der Waals surface area contributed by atoms with Gasteiger partial charge in [-0.15, -0.1) is 0 Å². The van der Waals surface area contributed by atoms with Crippen molar-refractivity contribution < 1.29 is 23.8 Å². The lowest BCUT2D eigenvalue weighted by atomic mass is 10.0. The zero-order valence-electron chi connectivity index (χ0n) is 12.2. The number of carboxylic acid groups (broad SMARTS) is 1. The number of carbonyl (C=O) groups excluding carboxylic acids is 1. The molecule has 0 unspecified atom stereocenters. The lowest BCUT2D eigenvalue weighted by Crippen LogP contribution is -2.37. The Bertz CT molecular complexity index is 470. The van der Waals surface area contributed by atoms with Crippen molar-refractivity contribution in [3.8, 4) is 0 Å². The SMILES string of the molecule is COCCN(Cc1ccco1)C(=O)[C@@H]1CC[C@H](C(=O)O)C1. The number of hydrogen-bond donors (Lipinski definition) is 1. The Morgan fingerprint density at radius 2 is 2.19 bits per heavy atom. The Labute approximate surface area is 123 Å². The zero-order valence-corrected chi connectivity index (χ0v) is 12.2. The summed E-state index contributed by atoms with van der Waals surface area (Å²) in [4.78, 5) is 25.3. The van der Waals surface area contributed by atoms with E-state index in [-0.39, 0.29) is 11.8 Å². The molecule has 0 saturated heterocycles. The number of amides is 1. The summed E-state index contributed by atoms with van der Waals surface area (Å²) in [6.07, 6.45) is 3.21. The quantitative estimate of drug-likeness (QED) is 0.829. The third kappa shape index (κ3) is 4.07. The average molecular weight is 295 g/mol. The minimum absolute atomic E-state index is 0.00722. The molecule has 0 radical (unpaired) electrons. The Kier molecular flexibility index (Phi) is 5.38. The molecule has 1 saturated carbocycles. The van der Waals surface area contributed by atoms with E-state index in [0.29, 0.717) is 44.7 Å². The molecule has 1 amide bonds. The molecule has 2 atom stereocenters. The lowest BCUT2D eigenvalue weighted by molar-refractivity contribution is -0.142. The summed E-state index contributed by atoms with van der Waals surface area (Å²) in [5.74, 6) is -0.705. The summed E-state index contributed by atoms with van der Waals surface area (Å²) in [6.45, 7) is 1.31. The van der Waals surface area contributed by atoms with Gasteiger partial charge in [0, 0.05) is 19.6 Å². The van der Waals surface area contributed by atoms with Crippen molar-refractivity contribution in [1.29, 1.82) is 0 Å². The van der Waals surface area contributed by atoms with Gasteiger partial charge in [-0.25, -0.2) is 0 Å². The number of aliphatic carboxylic acids is 1. The molecule has 0 bridgehead atoms. The van der Waals surface area contributed by atoms with Crippen LogP contribution in [0.25, 0.3) is 0 Å². The molecule has 6 heteroatoms. The van der Waals surface area contributed by atoms with Crippen LogP contribution in [0.4, 0.5) is 0 Å². The minimum atomic E-state index is -0.806. The van der Waals surface area contributed by atoms with Crippen LogP contribution in [0, 0.1) is 11.8 Å². The Balaban J connectivity index is 1.98. The molecule has 1 heterocycles. The van der Waals surface area contributed by atoms with Crippen molar-refractivity contribution in [3.05, 3.63) is 24.2 Å². The molecule has 1 N–H and O–H groups in total. The first-order chi connectivity index (χ1) is 10.1. The minimum Gasteiger partial charge on any atom is -0.481 e. The van der Waals surface area contributed by atoms with Gasteiger partial charge in [0.05, 0.1) is 25.3 Å². The number of carboxylic acids is 1. The summed E-state index contributed by atoms with van der Waals surface area (Å²) >= 11 is 0. The number of ether oxygens (including phenoxy) is 1. The van der Waals surface area contributed by atoms with Gasteiger partial charge in [0.1, 0.15) is 5.76 Å². The second-order valence-corrected chi connectivity index (χ2v) is 5.38. The number of carbonyl (C=O) groups is 2. The second kappa shape index (κ2) is 7.26. The standard InChI is InChI=1S/C15H21NO5/c1-20-8-6-16(10-13-3-2-7-21-13)14(17)11-4-5-12(9-11)15(18)19/h2-3,7,11-12H,4-6,8-10H2,1H3,(H,18,19)/t11-,12+/m1/s1. The van der Waals surface area contributed by atoms with Crippen LogP contribution in [0.2, 0.25) is 0 Å². The summed E-state index contributed by atoms with van der Waals surface area (Å²) < 4.78 is 10.3. The molecule has 2 rings (SSSR count). The number of methoxy groups -OCH3 is 1. The monoisotopic (exact) mass is 295 g/mol. The van der Waals surface area contributed by atoms with Crippen molar-refractivity contribution in [2.75, 3.05) is 20.3 Å². The van der Waals surface area contributed by atoms with Crippen molar-refractivity contribution in [2.45, 2.75) is 25.8 Å². The van der Waals surface area contributed by atoms with Gasteiger partial charge in [0.25, 0.3) is 0 Å².